The maximum absolute atomic E-state index is 13.6. The largest absolute Gasteiger partial charge is 0.428 e. The minimum atomic E-state index is -0.205. The summed E-state index contributed by atoms with van der Waals surface area (Å²) in [5, 5.41) is 4.17. The van der Waals surface area contributed by atoms with E-state index in [4.69, 9.17) is 23.2 Å². The van der Waals surface area contributed by atoms with Crippen molar-refractivity contribution in [3.63, 3.8) is 0 Å². The molecule has 1 fully saturated rings. The standard InChI is InChI=1S/C30H30Cl2N4O2S/c1-21-6-5-9-25(32)27(21)33-30(38)36-17-16-35(20-36)26-18-34(15-14-22-7-3-2-4-8-22)29(37)28(26)39-19-23-10-12-24(31)13-11-23/h2-3,5-7,9-13,18H,4,8,14-17,19-20H2,1H3/p+1. The highest BCUT2D eigenvalue weighted by Gasteiger charge is 2.39. The number of hydrogen-bond acceptors (Lipinski definition) is 4. The molecule has 202 valence electrons. The van der Waals surface area contributed by atoms with Gasteiger partial charge in [0.05, 0.1) is 17.4 Å². The molecule has 1 N–H and O–H groups in total. The molecule has 3 amide bonds. The van der Waals surface area contributed by atoms with Crippen molar-refractivity contribution in [3.8, 4) is 0 Å². The van der Waals surface area contributed by atoms with Crippen LogP contribution in [0.15, 0.2) is 76.9 Å². The second-order valence-corrected chi connectivity index (χ2v) is 11.7. The van der Waals surface area contributed by atoms with Gasteiger partial charge < -0.3 is 15.1 Å². The fourth-order valence-corrected chi connectivity index (χ4v) is 6.29. The lowest BCUT2D eigenvalue weighted by Crippen LogP contribution is -2.35. The molecule has 1 saturated heterocycles. The Hall–Kier alpha value is -3.00. The van der Waals surface area contributed by atoms with Crippen LogP contribution in [0.1, 0.15) is 30.4 Å². The molecular formula is C30H31Cl2N4O2S+. The number of benzene rings is 2. The number of nitrogens with one attached hydrogen (secondary N) is 1. The Morgan fingerprint density at radius 1 is 1.13 bits per heavy atom. The number of carbonyl (C=O) groups is 2. The van der Waals surface area contributed by atoms with Crippen molar-refractivity contribution in [1.82, 2.24) is 9.80 Å². The molecular weight excluding hydrogens is 551 g/mol. The highest BCUT2D eigenvalue weighted by molar-refractivity contribution is 8.03. The Kier molecular flexibility index (Phi) is 8.80. The average molecular weight is 583 g/mol. The number of nitrogens with zero attached hydrogens (tertiary/aromatic N) is 3. The molecule has 2 heterocycles. The predicted octanol–water partition coefficient (Wildman–Crippen LogP) is 6.84. The zero-order valence-electron chi connectivity index (χ0n) is 21.8. The molecule has 0 aromatic heterocycles. The lowest BCUT2D eigenvalue weighted by molar-refractivity contribution is -0.436. The fourth-order valence-electron chi connectivity index (χ4n) is 4.82. The second-order valence-electron chi connectivity index (χ2n) is 9.83. The number of amides is 3. The van der Waals surface area contributed by atoms with Gasteiger partial charge in [0.2, 0.25) is 0 Å². The van der Waals surface area contributed by atoms with Crippen LogP contribution in [0.5, 0.6) is 0 Å². The van der Waals surface area contributed by atoms with Gasteiger partial charge in [-0.05, 0) is 49.1 Å². The number of thioether (sulfide) groups is 1. The van der Waals surface area contributed by atoms with E-state index >= 15 is 0 Å². The van der Waals surface area contributed by atoms with Gasteiger partial charge in [0.1, 0.15) is 5.70 Å². The van der Waals surface area contributed by atoms with E-state index in [1.165, 1.54) is 17.3 Å². The van der Waals surface area contributed by atoms with Crippen LogP contribution in [0.3, 0.4) is 0 Å². The third-order valence-corrected chi connectivity index (χ3v) is 8.82. The molecule has 2 aromatic rings. The van der Waals surface area contributed by atoms with Crippen LogP contribution in [0, 0.1) is 6.92 Å². The molecule has 5 rings (SSSR count). The summed E-state index contributed by atoms with van der Waals surface area (Å²) in [6.07, 6.45) is 11.3. The molecule has 3 aliphatic rings. The van der Waals surface area contributed by atoms with Crippen molar-refractivity contribution in [1.29, 1.82) is 0 Å². The molecule has 0 bridgehead atoms. The van der Waals surface area contributed by atoms with Gasteiger partial charge in [-0.15, -0.1) is 11.8 Å². The molecule has 0 spiro atoms. The van der Waals surface area contributed by atoms with Gasteiger partial charge in [-0.1, -0.05) is 71.3 Å². The van der Waals surface area contributed by atoms with E-state index in [-0.39, 0.29) is 11.9 Å². The molecule has 1 aliphatic carbocycles. The highest BCUT2D eigenvalue weighted by Crippen LogP contribution is 2.32. The number of anilines is 1. The van der Waals surface area contributed by atoms with E-state index in [0.29, 0.717) is 52.7 Å². The normalized spacial score (nSPS) is 17.2. The van der Waals surface area contributed by atoms with E-state index in [1.807, 2.05) is 54.1 Å². The Morgan fingerprint density at radius 2 is 1.95 bits per heavy atom. The number of para-hydroxylation sites is 1. The van der Waals surface area contributed by atoms with E-state index in [1.54, 1.807) is 11.0 Å². The summed E-state index contributed by atoms with van der Waals surface area (Å²) >= 11 is 13.9. The van der Waals surface area contributed by atoms with Gasteiger partial charge in [-0.2, -0.15) is 4.58 Å². The smallest absolute Gasteiger partial charge is 0.346 e. The Bertz CT molecular complexity index is 1380. The first-order valence-corrected chi connectivity index (χ1v) is 14.8. The molecule has 2 aromatic carbocycles. The van der Waals surface area contributed by atoms with Gasteiger partial charge in [0, 0.05) is 30.3 Å². The molecule has 39 heavy (non-hydrogen) atoms. The minimum absolute atomic E-state index is 0.0190. The van der Waals surface area contributed by atoms with E-state index in [0.717, 1.165) is 36.1 Å². The first kappa shape index (κ1) is 27.6. The Balaban J connectivity index is 1.31. The van der Waals surface area contributed by atoms with Gasteiger partial charge in [0.15, 0.2) is 17.7 Å². The second kappa shape index (κ2) is 12.5. The summed E-state index contributed by atoms with van der Waals surface area (Å²) in [6, 6.07) is 13.0. The van der Waals surface area contributed by atoms with Crippen molar-refractivity contribution >= 4 is 58.8 Å². The molecule has 6 nitrogen and oxygen atoms in total. The number of hydrogen-bond donors (Lipinski definition) is 1. The molecule has 0 unspecified atom stereocenters. The van der Waals surface area contributed by atoms with E-state index < -0.39 is 0 Å². The van der Waals surface area contributed by atoms with Crippen LogP contribution in [0.4, 0.5) is 10.5 Å². The zero-order chi connectivity index (χ0) is 27.4. The van der Waals surface area contributed by atoms with Crippen LogP contribution >= 0.6 is 35.0 Å². The maximum Gasteiger partial charge on any atom is 0.428 e. The van der Waals surface area contributed by atoms with Gasteiger partial charge in [0.25, 0.3) is 0 Å². The topological polar surface area (TPSA) is 55.7 Å². The molecule has 0 saturated carbocycles. The molecule has 2 aliphatic heterocycles. The van der Waals surface area contributed by atoms with Crippen molar-refractivity contribution in [3.05, 3.63) is 98.0 Å². The highest BCUT2D eigenvalue weighted by atomic mass is 35.5. The summed E-state index contributed by atoms with van der Waals surface area (Å²) in [7, 11) is 0. The van der Waals surface area contributed by atoms with Gasteiger partial charge >= 0.3 is 11.9 Å². The first-order valence-electron chi connectivity index (χ1n) is 13.1. The summed E-state index contributed by atoms with van der Waals surface area (Å²) in [4.78, 5) is 31.3. The van der Waals surface area contributed by atoms with Gasteiger partial charge in [-0.3, -0.25) is 0 Å². The summed E-state index contributed by atoms with van der Waals surface area (Å²) in [6.45, 7) is 4.14. The Morgan fingerprint density at radius 3 is 2.69 bits per heavy atom. The number of urea groups is 1. The minimum Gasteiger partial charge on any atom is -0.346 e. The van der Waals surface area contributed by atoms with Crippen molar-refractivity contribution in [2.24, 2.45) is 0 Å². The first-order chi connectivity index (χ1) is 18.9. The van der Waals surface area contributed by atoms with Gasteiger partial charge in [-0.25, -0.2) is 9.59 Å². The van der Waals surface area contributed by atoms with Crippen LogP contribution in [-0.2, 0) is 10.5 Å². The van der Waals surface area contributed by atoms with E-state index in [2.05, 4.69) is 28.4 Å². The number of rotatable bonds is 8. The summed E-state index contributed by atoms with van der Waals surface area (Å²) in [5.41, 5.74) is 4.87. The quantitative estimate of drug-likeness (QED) is 0.346. The monoisotopic (exact) mass is 581 g/mol. The van der Waals surface area contributed by atoms with Crippen molar-refractivity contribution in [2.75, 3.05) is 31.6 Å². The number of halogens is 2. The Labute approximate surface area is 243 Å². The lowest BCUT2D eigenvalue weighted by Gasteiger charge is -2.20. The van der Waals surface area contributed by atoms with Crippen LogP contribution < -0.4 is 5.32 Å². The molecule has 0 atom stereocenters. The number of aryl methyl sites for hydroxylation is 1. The average Bonchev–Trinajstić information content (AvgIpc) is 3.55. The number of carbonyl (C=O) groups excluding carboxylic acids is 2. The third-order valence-electron chi connectivity index (χ3n) is 7.10. The SMILES string of the molecule is Cc1cccc(Cl)c1NC(=O)N1CCN(C2=C(SCc3ccc(Cl)cc3)C(=O)[N+](CCC3=CC=CCC3)=C2)C1. The van der Waals surface area contributed by atoms with Crippen LogP contribution in [-0.4, -0.2) is 58.8 Å². The third kappa shape index (κ3) is 6.60. The molecule has 0 radical (unpaired) electrons. The lowest BCUT2D eigenvalue weighted by atomic mass is 10.0. The van der Waals surface area contributed by atoms with Crippen molar-refractivity contribution < 1.29 is 14.2 Å². The van der Waals surface area contributed by atoms with E-state index in [9.17, 15) is 9.59 Å². The summed E-state index contributed by atoms with van der Waals surface area (Å²) in [5.74, 6) is 0.675. The number of allylic oxidation sites excluding steroid dienone is 4. The zero-order valence-corrected chi connectivity index (χ0v) is 24.2. The van der Waals surface area contributed by atoms with Crippen LogP contribution in [0.2, 0.25) is 10.0 Å². The van der Waals surface area contributed by atoms with Crippen LogP contribution in [0.25, 0.3) is 0 Å². The van der Waals surface area contributed by atoms with Crippen molar-refractivity contribution in [2.45, 2.75) is 31.9 Å². The fraction of sp³-hybridized carbons (Fsp3) is 0.300. The maximum atomic E-state index is 13.6. The summed E-state index contributed by atoms with van der Waals surface area (Å²) < 4.78 is 1.83. The molecule has 9 heteroatoms. The predicted molar refractivity (Wildman–Crippen MR) is 161 cm³/mol.